The second kappa shape index (κ2) is 5.97. The molecule has 1 saturated heterocycles. The molecule has 6 heteroatoms. The van der Waals surface area contributed by atoms with Crippen LogP contribution in [0.1, 0.15) is 36.5 Å². The van der Waals surface area contributed by atoms with Gasteiger partial charge in [-0.2, -0.15) is 0 Å². The summed E-state index contributed by atoms with van der Waals surface area (Å²) in [7, 11) is 1.42. The van der Waals surface area contributed by atoms with Crippen LogP contribution in [0, 0.1) is 11.6 Å². The van der Waals surface area contributed by atoms with Crippen LogP contribution in [0.2, 0.25) is 0 Å². The quantitative estimate of drug-likeness (QED) is 0.881. The zero-order valence-electron chi connectivity index (χ0n) is 12.2. The molecule has 21 heavy (non-hydrogen) atoms. The van der Waals surface area contributed by atoms with Crippen LogP contribution in [0.25, 0.3) is 0 Å². The minimum absolute atomic E-state index is 0.00876. The molecule has 0 bridgehead atoms. The molecule has 0 radical (unpaired) electrons. The zero-order chi connectivity index (χ0) is 15.6. The van der Waals surface area contributed by atoms with Crippen molar-refractivity contribution in [2.75, 3.05) is 25.5 Å². The van der Waals surface area contributed by atoms with Crippen LogP contribution in [0.5, 0.6) is 0 Å². The average Bonchev–Trinajstić information content (AvgIpc) is 2.58. The molecule has 0 aliphatic carbocycles. The van der Waals surface area contributed by atoms with E-state index in [0.29, 0.717) is 32.4 Å². The first kappa shape index (κ1) is 15.7. The SMILES string of the molecule is CNc1c(F)cc(C(=O)N2CCCC(C)(O)CC2)cc1F. The molecule has 4 nitrogen and oxygen atoms in total. The van der Waals surface area contributed by atoms with Gasteiger partial charge in [0.05, 0.1) is 5.60 Å². The van der Waals surface area contributed by atoms with Gasteiger partial charge in [0.1, 0.15) is 17.3 Å². The molecule has 1 unspecified atom stereocenters. The van der Waals surface area contributed by atoms with E-state index in [1.807, 2.05) is 0 Å². The molecule has 116 valence electrons. The number of nitrogens with one attached hydrogen (secondary N) is 1. The number of anilines is 1. The molecular formula is C15H20F2N2O2. The summed E-state index contributed by atoms with van der Waals surface area (Å²) in [5, 5.41) is 12.4. The van der Waals surface area contributed by atoms with E-state index in [-0.39, 0.29) is 11.3 Å². The standard InChI is InChI=1S/C15H20F2N2O2/c1-15(21)4-3-6-19(7-5-15)14(20)10-8-11(16)13(18-2)12(17)9-10/h8-9,18,21H,3-7H2,1-2H3. The zero-order valence-corrected chi connectivity index (χ0v) is 12.2. The third kappa shape index (κ3) is 3.50. The van der Waals surface area contributed by atoms with Gasteiger partial charge in [0.15, 0.2) is 0 Å². The lowest BCUT2D eigenvalue weighted by molar-refractivity contribution is 0.0437. The number of benzene rings is 1. The second-order valence-electron chi connectivity index (χ2n) is 5.71. The van der Waals surface area contributed by atoms with E-state index in [2.05, 4.69) is 5.32 Å². The second-order valence-corrected chi connectivity index (χ2v) is 5.71. The third-order valence-corrected chi connectivity index (χ3v) is 3.89. The van der Waals surface area contributed by atoms with Crippen LogP contribution in [0.3, 0.4) is 0 Å². The molecule has 0 aromatic heterocycles. The predicted molar refractivity (Wildman–Crippen MR) is 76.3 cm³/mol. The first-order chi connectivity index (χ1) is 9.84. The van der Waals surface area contributed by atoms with E-state index in [9.17, 15) is 18.7 Å². The molecule has 1 heterocycles. The van der Waals surface area contributed by atoms with E-state index >= 15 is 0 Å². The largest absolute Gasteiger partial charge is 0.390 e. The highest BCUT2D eigenvalue weighted by atomic mass is 19.1. The summed E-state index contributed by atoms with van der Waals surface area (Å²) < 4.78 is 27.5. The number of carbonyl (C=O) groups is 1. The molecule has 1 aromatic carbocycles. The summed E-state index contributed by atoms with van der Waals surface area (Å²) in [4.78, 5) is 13.9. The Labute approximate surface area is 122 Å². The highest BCUT2D eigenvalue weighted by Crippen LogP contribution is 2.24. The summed E-state index contributed by atoms with van der Waals surface area (Å²) in [5.41, 5.74) is -1.04. The van der Waals surface area contributed by atoms with Crippen molar-refractivity contribution >= 4 is 11.6 Å². The summed E-state index contributed by atoms with van der Waals surface area (Å²) in [6, 6.07) is 2.08. The summed E-state index contributed by atoms with van der Waals surface area (Å²) in [6.45, 7) is 2.59. The van der Waals surface area contributed by atoms with Gasteiger partial charge in [-0.1, -0.05) is 0 Å². The predicted octanol–water partition coefficient (Wildman–Crippen LogP) is 2.38. The molecule has 0 saturated carbocycles. The van der Waals surface area contributed by atoms with Crippen molar-refractivity contribution in [3.05, 3.63) is 29.3 Å². The first-order valence-electron chi connectivity index (χ1n) is 7.02. The van der Waals surface area contributed by atoms with E-state index in [4.69, 9.17) is 0 Å². The normalized spacial score (nSPS) is 22.8. The first-order valence-corrected chi connectivity index (χ1v) is 7.02. The van der Waals surface area contributed by atoms with Crippen molar-refractivity contribution in [1.82, 2.24) is 4.90 Å². The molecule has 2 N–H and O–H groups in total. The molecule has 1 aliphatic heterocycles. The van der Waals surface area contributed by atoms with Crippen LogP contribution in [-0.2, 0) is 0 Å². The highest BCUT2D eigenvalue weighted by Gasteiger charge is 2.28. The van der Waals surface area contributed by atoms with E-state index < -0.39 is 23.1 Å². The Bertz CT molecular complexity index is 523. The number of hydrogen-bond acceptors (Lipinski definition) is 3. The number of hydrogen-bond donors (Lipinski definition) is 2. The molecule has 1 aromatic rings. The van der Waals surface area contributed by atoms with Gasteiger partial charge in [0, 0.05) is 25.7 Å². The molecular weight excluding hydrogens is 278 g/mol. The van der Waals surface area contributed by atoms with Crippen molar-refractivity contribution in [1.29, 1.82) is 0 Å². The Morgan fingerprint density at radius 1 is 1.29 bits per heavy atom. The fraction of sp³-hybridized carbons (Fsp3) is 0.533. The van der Waals surface area contributed by atoms with Gasteiger partial charge in [0.25, 0.3) is 5.91 Å². The number of amides is 1. The van der Waals surface area contributed by atoms with Gasteiger partial charge in [-0.3, -0.25) is 4.79 Å². The fourth-order valence-corrected chi connectivity index (χ4v) is 2.58. The number of likely N-dealkylation sites (tertiary alicyclic amines) is 1. The van der Waals surface area contributed by atoms with Gasteiger partial charge >= 0.3 is 0 Å². The maximum atomic E-state index is 13.7. The molecule has 1 aliphatic rings. The van der Waals surface area contributed by atoms with E-state index in [1.54, 1.807) is 6.92 Å². The lowest BCUT2D eigenvalue weighted by Gasteiger charge is -2.23. The van der Waals surface area contributed by atoms with Crippen LogP contribution in [-0.4, -0.2) is 41.7 Å². The Hall–Kier alpha value is -1.69. The van der Waals surface area contributed by atoms with Crippen molar-refractivity contribution in [2.24, 2.45) is 0 Å². The summed E-state index contributed by atoms with van der Waals surface area (Å²) in [6.07, 6.45) is 1.73. The monoisotopic (exact) mass is 298 g/mol. The lowest BCUT2D eigenvalue weighted by Crippen LogP contribution is -2.33. The van der Waals surface area contributed by atoms with Gasteiger partial charge in [-0.25, -0.2) is 8.78 Å². The van der Waals surface area contributed by atoms with Crippen molar-refractivity contribution < 1.29 is 18.7 Å². The lowest BCUT2D eigenvalue weighted by atomic mass is 9.98. The van der Waals surface area contributed by atoms with Gasteiger partial charge in [-0.05, 0) is 38.3 Å². The summed E-state index contributed by atoms with van der Waals surface area (Å²) in [5.74, 6) is -1.99. The average molecular weight is 298 g/mol. The van der Waals surface area contributed by atoms with Gasteiger partial charge in [0.2, 0.25) is 0 Å². The molecule has 1 fully saturated rings. The maximum absolute atomic E-state index is 13.7. The highest BCUT2D eigenvalue weighted by molar-refractivity contribution is 5.94. The Kier molecular flexibility index (Phi) is 4.46. The van der Waals surface area contributed by atoms with Crippen LogP contribution >= 0.6 is 0 Å². The molecule has 0 spiro atoms. The Balaban J connectivity index is 2.20. The molecule has 2 rings (SSSR count). The van der Waals surface area contributed by atoms with Crippen molar-refractivity contribution in [3.8, 4) is 0 Å². The molecule has 1 amide bonds. The topological polar surface area (TPSA) is 52.6 Å². The van der Waals surface area contributed by atoms with E-state index in [1.165, 1.54) is 11.9 Å². The number of carbonyl (C=O) groups excluding carboxylic acids is 1. The van der Waals surface area contributed by atoms with Crippen LogP contribution < -0.4 is 5.32 Å². The van der Waals surface area contributed by atoms with Crippen molar-refractivity contribution in [3.63, 3.8) is 0 Å². The fourth-order valence-electron chi connectivity index (χ4n) is 2.58. The number of halogens is 2. The van der Waals surface area contributed by atoms with Crippen LogP contribution in [0.4, 0.5) is 14.5 Å². The maximum Gasteiger partial charge on any atom is 0.254 e. The van der Waals surface area contributed by atoms with Crippen LogP contribution in [0.15, 0.2) is 12.1 Å². The smallest absolute Gasteiger partial charge is 0.254 e. The number of rotatable bonds is 2. The van der Waals surface area contributed by atoms with Gasteiger partial charge in [-0.15, -0.1) is 0 Å². The number of aliphatic hydroxyl groups is 1. The van der Waals surface area contributed by atoms with Gasteiger partial charge < -0.3 is 15.3 Å². The summed E-state index contributed by atoms with van der Waals surface area (Å²) >= 11 is 0. The molecule has 1 atom stereocenters. The minimum Gasteiger partial charge on any atom is -0.390 e. The van der Waals surface area contributed by atoms with E-state index in [0.717, 1.165) is 12.1 Å². The number of nitrogens with zero attached hydrogens (tertiary/aromatic N) is 1. The van der Waals surface area contributed by atoms with Crippen molar-refractivity contribution in [2.45, 2.75) is 31.8 Å². The Morgan fingerprint density at radius 2 is 1.90 bits per heavy atom. The minimum atomic E-state index is -0.790. The Morgan fingerprint density at radius 3 is 2.48 bits per heavy atom. The third-order valence-electron chi connectivity index (χ3n) is 3.89.